The second-order valence-electron chi connectivity index (χ2n) is 4.63. The molecule has 0 spiro atoms. The van der Waals surface area contributed by atoms with E-state index in [9.17, 15) is 9.90 Å². The summed E-state index contributed by atoms with van der Waals surface area (Å²) in [5.74, 6) is -0.816. The van der Waals surface area contributed by atoms with Gasteiger partial charge in [0.2, 0.25) is 0 Å². The highest BCUT2D eigenvalue weighted by Crippen LogP contribution is 2.14. The molecule has 1 aromatic carbocycles. The highest BCUT2D eigenvalue weighted by Gasteiger charge is 2.18. The molecule has 0 aliphatic heterocycles. The lowest BCUT2D eigenvalue weighted by Gasteiger charge is -2.13. The Hall–Kier alpha value is -1.55. The quantitative estimate of drug-likeness (QED) is 0.674. The number of phenolic OH excluding ortho intramolecular Hbond substituents is 1. The lowest BCUT2D eigenvalue weighted by atomic mass is 10.1. The van der Waals surface area contributed by atoms with Gasteiger partial charge in [-0.2, -0.15) is 0 Å². The monoisotopic (exact) mass is 266 g/mol. The van der Waals surface area contributed by atoms with E-state index in [0.717, 1.165) is 31.2 Å². The van der Waals surface area contributed by atoms with Gasteiger partial charge in [-0.25, -0.2) is 4.79 Å². The first-order valence-corrected chi connectivity index (χ1v) is 6.75. The molecule has 19 heavy (non-hydrogen) atoms. The molecule has 1 rings (SSSR count). The lowest BCUT2D eigenvalue weighted by molar-refractivity contribution is -0.150. The number of unbranched alkanes of at least 4 members (excludes halogenated alkanes) is 3. The van der Waals surface area contributed by atoms with Gasteiger partial charge in [-0.3, -0.25) is 0 Å². The Labute approximate surface area is 114 Å². The van der Waals surface area contributed by atoms with Crippen LogP contribution >= 0.6 is 0 Å². The molecule has 0 aromatic heterocycles. The number of carboxylic acids is 1. The van der Waals surface area contributed by atoms with Crippen LogP contribution in [0.5, 0.6) is 5.75 Å². The Bertz CT molecular complexity index is 389. The molecule has 0 saturated carbocycles. The van der Waals surface area contributed by atoms with Crippen molar-refractivity contribution in [2.45, 2.75) is 45.1 Å². The molecule has 0 fully saturated rings. The molecule has 1 aromatic rings. The van der Waals surface area contributed by atoms with Crippen molar-refractivity contribution in [1.82, 2.24) is 0 Å². The van der Waals surface area contributed by atoms with Crippen molar-refractivity contribution in [3.05, 3.63) is 29.8 Å². The number of phenols is 1. The highest BCUT2D eigenvalue weighted by atomic mass is 16.5. The van der Waals surface area contributed by atoms with Crippen molar-refractivity contribution in [2.24, 2.45) is 0 Å². The summed E-state index contributed by atoms with van der Waals surface area (Å²) in [5.41, 5.74) is 0.765. The van der Waals surface area contributed by atoms with E-state index < -0.39 is 12.1 Å². The molecule has 0 unspecified atom stereocenters. The van der Waals surface area contributed by atoms with Crippen LogP contribution in [0.25, 0.3) is 0 Å². The third-order valence-electron chi connectivity index (χ3n) is 2.92. The number of carboxylic acid groups (broad SMARTS) is 1. The van der Waals surface area contributed by atoms with Crippen LogP contribution in [0.4, 0.5) is 0 Å². The van der Waals surface area contributed by atoms with Crippen LogP contribution in [0.2, 0.25) is 0 Å². The van der Waals surface area contributed by atoms with Crippen LogP contribution in [0.1, 0.15) is 38.2 Å². The molecule has 0 aliphatic carbocycles. The van der Waals surface area contributed by atoms with Gasteiger partial charge in [-0.15, -0.1) is 0 Å². The maximum Gasteiger partial charge on any atom is 0.333 e. The minimum atomic E-state index is -0.959. The smallest absolute Gasteiger partial charge is 0.333 e. The Morgan fingerprint density at radius 2 is 2.11 bits per heavy atom. The third kappa shape index (κ3) is 6.25. The summed E-state index contributed by atoms with van der Waals surface area (Å²) in [6.45, 7) is 2.60. The van der Waals surface area contributed by atoms with E-state index in [0.29, 0.717) is 6.61 Å². The van der Waals surface area contributed by atoms with Crippen molar-refractivity contribution in [3.63, 3.8) is 0 Å². The molecule has 0 radical (unpaired) electrons. The van der Waals surface area contributed by atoms with Gasteiger partial charge in [0.25, 0.3) is 0 Å². The zero-order valence-electron chi connectivity index (χ0n) is 11.3. The number of ether oxygens (including phenoxy) is 1. The highest BCUT2D eigenvalue weighted by molar-refractivity contribution is 5.72. The van der Waals surface area contributed by atoms with Gasteiger partial charge in [0.05, 0.1) is 0 Å². The van der Waals surface area contributed by atoms with E-state index in [1.165, 1.54) is 0 Å². The molecule has 2 N–H and O–H groups in total. The molecule has 0 saturated heterocycles. The second kappa shape index (κ2) is 8.53. The van der Waals surface area contributed by atoms with Gasteiger partial charge in [-0.05, 0) is 24.1 Å². The fraction of sp³-hybridized carbons (Fsp3) is 0.533. The summed E-state index contributed by atoms with van der Waals surface area (Å²) in [6.07, 6.45) is 3.67. The van der Waals surface area contributed by atoms with E-state index in [2.05, 4.69) is 6.92 Å². The van der Waals surface area contributed by atoms with Gasteiger partial charge >= 0.3 is 5.97 Å². The number of aliphatic carboxylic acids is 1. The molecule has 4 heteroatoms. The third-order valence-corrected chi connectivity index (χ3v) is 2.92. The first kappa shape index (κ1) is 15.5. The van der Waals surface area contributed by atoms with Gasteiger partial charge in [0.15, 0.2) is 6.10 Å². The van der Waals surface area contributed by atoms with E-state index in [1.807, 2.05) is 0 Å². The van der Waals surface area contributed by atoms with Crippen molar-refractivity contribution in [2.75, 3.05) is 6.61 Å². The van der Waals surface area contributed by atoms with Crippen LogP contribution in [0.3, 0.4) is 0 Å². The largest absolute Gasteiger partial charge is 0.508 e. The van der Waals surface area contributed by atoms with E-state index >= 15 is 0 Å². The van der Waals surface area contributed by atoms with Crippen LogP contribution in [0.15, 0.2) is 24.3 Å². The fourth-order valence-electron chi connectivity index (χ4n) is 1.87. The molecular weight excluding hydrogens is 244 g/mol. The number of carbonyl (C=O) groups is 1. The Morgan fingerprint density at radius 1 is 1.32 bits per heavy atom. The van der Waals surface area contributed by atoms with Gasteiger partial charge in [0, 0.05) is 13.0 Å². The first-order valence-electron chi connectivity index (χ1n) is 6.75. The standard InChI is InChI=1S/C15H22O4/c1-2-3-4-5-9-19-14(15(17)18)11-12-7-6-8-13(16)10-12/h6-8,10,14,16H,2-5,9,11H2,1H3,(H,17,18)/t14-/m0/s1. The lowest BCUT2D eigenvalue weighted by Crippen LogP contribution is -2.26. The van der Waals surface area contributed by atoms with Crippen LogP contribution in [0, 0.1) is 0 Å². The summed E-state index contributed by atoms with van der Waals surface area (Å²) in [5, 5.41) is 18.5. The molecule has 106 valence electrons. The zero-order valence-corrected chi connectivity index (χ0v) is 11.3. The zero-order chi connectivity index (χ0) is 14.1. The topological polar surface area (TPSA) is 66.8 Å². The number of benzene rings is 1. The van der Waals surface area contributed by atoms with E-state index in [4.69, 9.17) is 9.84 Å². The number of rotatable bonds is 9. The molecule has 0 amide bonds. The summed E-state index contributed by atoms with van der Waals surface area (Å²) in [6, 6.07) is 6.61. The van der Waals surface area contributed by atoms with Gasteiger partial charge < -0.3 is 14.9 Å². The molecular formula is C15H22O4. The number of hydrogen-bond donors (Lipinski definition) is 2. The molecule has 0 heterocycles. The summed E-state index contributed by atoms with van der Waals surface area (Å²) in [7, 11) is 0. The Balaban J connectivity index is 2.42. The van der Waals surface area contributed by atoms with Crippen molar-refractivity contribution in [3.8, 4) is 5.75 Å². The van der Waals surface area contributed by atoms with Crippen molar-refractivity contribution >= 4 is 5.97 Å². The normalized spacial score (nSPS) is 12.3. The number of aromatic hydroxyl groups is 1. The molecule has 4 nitrogen and oxygen atoms in total. The molecule has 1 atom stereocenters. The van der Waals surface area contributed by atoms with Gasteiger partial charge in [-0.1, -0.05) is 38.3 Å². The summed E-state index contributed by atoms with van der Waals surface area (Å²) >= 11 is 0. The van der Waals surface area contributed by atoms with Crippen molar-refractivity contribution in [1.29, 1.82) is 0 Å². The SMILES string of the molecule is CCCCCCO[C@@H](Cc1cccc(O)c1)C(=O)O. The van der Waals surface area contributed by atoms with Crippen LogP contribution in [-0.2, 0) is 16.0 Å². The minimum absolute atomic E-state index is 0.143. The minimum Gasteiger partial charge on any atom is -0.508 e. The predicted molar refractivity (Wildman–Crippen MR) is 73.3 cm³/mol. The van der Waals surface area contributed by atoms with Gasteiger partial charge in [0.1, 0.15) is 5.75 Å². The first-order chi connectivity index (χ1) is 9.13. The van der Waals surface area contributed by atoms with Crippen LogP contribution in [-0.4, -0.2) is 28.9 Å². The molecule has 0 bridgehead atoms. The van der Waals surface area contributed by atoms with E-state index in [-0.39, 0.29) is 12.2 Å². The average molecular weight is 266 g/mol. The predicted octanol–water partition coefficient (Wildman–Crippen LogP) is 2.98. The fourth-order valence-corrected chi connectivity index (χ4v) is 1.87. The Kier molecular flexibility index (Phi) is 6.97. The Morgan fingerprint density at radius 3 is 2.74 bits per heavy atom. The number of hydrogen-bond acceptors (Lipinski definition) is 3. The summed E-state index contributed by atoms with van der Waals surface area (Å²) < 4.78 is 5.41. The molecule has 0 aliphatic rings. The average Bonchev–Trinajstić information content (AvgIpc) is 2.37. The van der Waals surface area contributed by atoms with Crippen LogP contribution < -0.4 is 0 Å². The van der Waals surface area contributed by atoms with Crippen molar-refractivity contribution < 1.29 is 19.7 Å². The van der Waals surface area contributed by atoms with E-state index in [1.54, 1.807) is 24.3 Å². The maximum atomic E-state index is 11.1. The second-order valence-corrected chi connectivity index (χ2v) is 4.63. The summed E-state index contributed by atoms with van der Waals surface area (Å²) in [4.78, 5) is 11.1. The maximum absolute atomic E-state index is 11.1.